The third-order valence-electron chi connectivity index (χ3n) is 2.90. The van der Waals surface area contributed by atoms with Crippen LogP contribution in [-0.4, -0.2) is 6.54 Å². The number of hydrogen-bond acceptors (Lipinski definition) is 2. The molecule has 0 aromatic heterocycles. The highest BCUT2D eigenvalue weighted by molar-refractivity contribution is 5.60. The van der Waals surface area contributed by atoms with Crippen molar-refractivity contribution in [3.05, 3.63) is 29.3 Å². The van der Waals surface area contributed by atoms with Crippen LogP contribution in [-0.2, 0) is 0 Å². The van der Waals surface area contributed by atoms with Gasteiger partial charge in [-0.2, -0.15) is 5.26 Å². The molecule has 1 aromatic rings. The minimum Gasteiger partial charge on any atom is -0.384 e. The third kappa shape index (κ3) is 1.35. The summed E-state index contributed by atoms with van der Waals surface area (Å²) in [7, 11) is 0. The summed E-state index contributed by atoms with van der Waals surface area (Å²) in [6, 6.07) is 8.08. The van der Waals surface area contributed by atoms with Gasteiger partial charge in [0, 0.05) is 18.2 Å². The largest absolute Gasteiger partial charge is 0.384 e. The second-order valence-corrected chi connectivity index (χ2v) is 4.15. The Morgan fingerprint density at radius 3 is 2.93 bits per heavy atom. The van der Waals surface area contributed by atoms with Gasteiger partial charge < -0.3 is 5.32 Å². The van der Waals surface area contributed by atoms with E-state index in [0.717, 1.165) is 12.1 Å². The Bertz CT molecular complexity index is 388. The van der Waals surface area contributed by atoms with Crippen LogP contribution in [0.15, 0.2) is 18.2 Å². The number of fused-ring (bicyclic) bond motifs is 1. The molecule has 1 aromatic carbocycles. The van der Waals surface area contributed by atoms with Crippen LogP contribution in [0.4, 0.5) is 5.69 Å². The molecule has 1 heterocycles. The molecule has 0 aliphatic carbocycles. The summed E-state index contributed by atoms with van der Waals surface area (Å²) in [6.07, 6.45) is 0. The zero-order valence-corrected chi connectivity index (χ0v) is 8.54. The minimum atomic E-state index is 0.554. The molecule has 0 radical (unpaired) electrons. The van der Waals surface area contributed by atoms with Crippen molar-refractivity contribution >= 4 is 5.69 Å². The van der Waals surface area contributed by atoms with Crippen molar-refractivity contribution in [1.82, 2.24) is 0 Å². The molecule has 2 nitrogen and oxygen atoms in total. The van der Waals surface area contributed by atoms with Crippen LogP contribution in [0.25, 0.3) is 0 Å². The molecular weight excluding hydrogens is 172 g/mol. The average molecular weight is 186 g/mol. The molecule has 1 N–H and O–H groups in total. The second kappa shape index (κ2) is 3.34. The molecular formula is C12H14N2. The summed E-state index contributed by atoms with van der Waals surface area (Å²) in [5.41, 5.74) is 3.26. The zero-order chi connectivity index (χ0) is 10.1. The molecule has 0 spiro atoms. The van der Waals surface area contributed by atoms with Gasteiger partial charge in [-0.25, -0.2) is 0 Å². The normalized spacial score (nSPS) is 18.9. The van der Waals surface area contributed by atoms with E-state index in [1.807, 2.05) is 18.2 Å². The minimum absolute atomic E-state index is 0.554. The lowest BCUT2D eigenvalue weighted by Gasteiger charge is -2.13. The molecule has 2 rings (SSSR count). The van der Waals surface area contributed by atoms with E-state index in [2.05, 4.69) is 25.2 Å². The Hall–Kier alpha value is -1.49. The predicted molar refractivity (Wildman–Crippen MR) is 57.2 cm³/mol. The molecule has 0 bridgehead atoms. The first kappa shape index (κ1) is 9.08. The van der Waals surface area contributed by atoms with E-state index >= 15 is 0 Å². The molecule has 0 saturated heterocycles. The van der Waals surface area contributed by atoms with Crippen molar-refractivity contribution in [2.75, 3.05) is 11.9 Å². The van der Waals surface area contributed by atoms with E-state index in [1.54, 1.807) is 0 Å². The van der Waals surface area contributed by atoms with Gasteiger partial charge in [-0.3, -0.25) is 0 Å². The molecule has 1 aliphatic rings. The Morgan fingerprint density at radius 2 is 2.29 bits per heavy atom. The maximum absolute atomic E-state index is 8.82. The summed E-state index contributed by atoms with van der Waals surface area (Å²) in [5, 5.41) is 12.2. The van der Waals surface area contributed by atoms with E-state index in [4.69, 9.17) is 5.26 Å². The first-order valence-electron chi connectivity index (χ1n) is 5.00. The smallest absolute Gasteiger partial charge is 0.0991 e. The van der Waals surface area contributed by atoms with Crippen LogP contribution in [0.2, 0.25) is 0 Å². The highest BCUT2D eigenvalue weighted by Crippen LogP contribution is 2.36. The lowest BCUT2D eigenvalue weighted by atomic mass is 9.89. The van der Waals surface area contributed by atoms with Crippen LogP contribution >= 0.6 is 0 Å². The molecule has 1 atom stereocenters. The van der Waals surface area contributed by atoms with Gasteiger partial charge in [0.05, 0.1) is 11.6 Å². The number of nitrogens with one attached hydrogen (secondary N) is 1. The quantitative estimate of drug-likeness (QED) is 0.732. The van der Waals surface area contributed by atoms with Crippen molar-refractivity contribution in [2.45, 2.75) is 19.8 Å². The molecule has 14 heavy (non-hydrogen) atoms. The molecule has 72 valence electrons. The van der Waals surface area contributed by atoms with Crippen LogP contribution < -0.4 is 5.32 Å². The van der Waals surface area contributed by atoms with Crippen LogP contribution in [0.3, 0.4) is 0 Å². The van der Waals surface area contributed by atoms with Crippen molar-refractivity contribution in [2.24, 2.45) is 5.92 Å². The van der Waals surface area contributed by atoms with Crippen molar-refractivity contribution in [3.63, 3.8) is 0 Å². The van der Waals surface area contributed by atoms with Crippen molar-refractivity contribution in [3.8, 4) is 6.07 Å². The monoisotopic (exact) mass is 186 g/mol. The fourth-order valence-corrected chi connectivity index (χ4v) is 2.02. The molecule has 0 saturated carbocycles. The molecule has 1 aliphatic heterocycles. The standard InChI is InChI=1S/C12H14N2/c1-8(2)11-7-14-12-4-3-9(6-13)5-10(11)12/h3-5,8,11,14H,7H2,1-2H3/t11-/m1/s1. The van der Waals surface area contributed by atoms with E-state index in [1.165, 1.54) is 11.3 Å². The molecule has 2 heteroatoms. The topological polar surface area (TPSA) is 35.8 Å². The van der Waals surface area contributed by atoms with E-state index in [9.17, 15) is 0 Å². The van der Waals surface area contributed by atoms with Gasteiger partial charge in [0.25, 0.3) is 0 Å². The lowest BCUT2D eigenvalue weighted by Crippen LogP contribution is -2.08. The van der Waals surface area contributed by atoms with Gasteiger partial charge in [-0.05, 0) is 29.7 Å². The van der Waals surface area contributed by atoms with E-state index in [0.29, 0.717) is 11.8 Å². The fourth-order valence-electron chi connectivity index (χ4n) is 2.02. The first-order chi connectivity index (χ1) is 6.72. The number of nitriles is 1. The van der Waals surface area contributed by atoms with E-state index < -0.39 is 0 Å². The van der Waals surface area contributed by atoms with E-state index in [-0.39, 0.29) is 0 Å². The average Bonchev–Trinajstić information content (AvgIpc) is 2.59. The Labute approximate surface area is 84.6 Å². The summed E-state index contributed by atoms with van der Waals surface area (Å²) < 4.78 is 0. The number of nitrogens with zero attached hydrogens (tertiary/aromatic N) is 1. The van der Waals surface area contributed by atoms with Crippen molar-refractivity contribution < 1.29 is 0 Å². The predicted octanol–water partition coefficient (Wildman–Crippen LogP) is 2.72. The number of anilines is 1. The van der Waals surface area contributed by atoms with Gasteiger partial charge in [0.1, 0.15) is 0 Å². The first-order valence-corrected chi connectivity index (χ1v) is 5.00. The van der Waals surface area contributed by atoms with Crippen LogP contribution in [0, 0.1) is 17.2 Å². The van der Waals surface area contributed by atoms with Crippen LogP contribution in [0.5, 0.6) is 0 Å². The van der Waals surface area contributed by atoms with Gasteiger partial charge in [0.15, 0.2) is 0 Å². The molecule has 0 amide bonds. The van der Waals surface area contributed by atoms with Gasteiger partial charge in [-0.1, -0.05) is 13.8 Å². The summed E-state index contributed by atoms with van der Waals surface area (Å²) in [6.45, 7) is 5.45. The highest BCUT2D eigenvalue weighted by Gasteiger charge is 2.24. The zero-order valence-electron chi connectivity index (χ0n) is 8.54. The maximum Gasteiger partial charge on any atom is 0.0991 e. The molecule has 0 fully saturated rings. The second-order valence-electron chi connectivity index (χ2n) is 4.15. The number of benzene rings is 1. The summed E-state index contributed by atoms with van der Waals surface area (Å²) >= 11 is 0. The fraction of sp³-hybridized carbons (Fsp3) is 0.417. The maximum atomic E-state index is 8.82. The Morgan fingerprint density at radius 1 is 1.50 bits per heavy atom. The third-order valence-corrected chi connectivity index (χ3v) is 2.90. The Kier molecular flexibility index (Phi) is 2.17. The van der Waals surface area contributed by atoms with Crippen LogP contribution in [0.1, 0.15) is 30.9 Å². The Balaban J connectivity index is 2.43. The number of hydrogen-bond donors (Lipinski definition) is 1. The molecule has 0 unspecified atom stereocenters. The highest BCUT2D eigenvalue weighted by atomic mass is 14.9. The van der Waals surface area contributed by atoms with Crippen molar-refractivity contribution in [1.29, 1.82) is 5.26 Å². The summed E-state index contributed by atoms with van der Waals surface area (Å²) in [4.78, 5) is 0. The SMILES string of the molecule is CC(C)[C@H]1CNc2ccc(C#N)cc21. The van der Waals surface area contributed by atoms with Gasteiger partial charge in [0.2, 0.25) is 0 Å². The lowest BCUT2D eigenvalue weighted by molar-refractivity contribution is 0.533. The van der Waals surface area contributed by atoms with Gasteiger partial charge >= 0.3 is 0 Å². The number of rotatable bonds is 1. The summed E-state index contributed by atoms with van der Waals surface area (Å²) in [5.74, 6) is 1.18. The van der Waals surface area contributed by atoms with Gasteiger partial charge in [-0.15, -0.1) is 0 Å².